The first-order valence-electron chi connectivity index (χ1n) is 11.2. The molecule has 2 fully saturated rings. The summed E-state index contributed by atoms with van der Waals surface area (Å²) in [6.45, 7) is 6.02. The highest BCUT2D eigenvalue weighted by molar-refractivity contribution is 5.74. The molecule has 2 heterocycles. The molecule has 2 aliphatic heterocycles. The number of hydrogen-bond donors (Lipinski definition) is 2. The van der Waals surface area contributed by atoms with Crippen molar-refractivity contribution in [1.29, 1.82) is 5.26 Å². The van der Waals surface area contributed by atoms with Crippen molar-refractivity contribution in [3.05, 3.63) is 29.8 Å². The van der Waals surface area contributed by atoms with Crippen molar-refractivity contribution in [2.45, 2.75) is 12.5 Å². The third-order valence-electron chi connectivity index (χ3n) is 5.79. The topological polar surface area (TPSA) is 107 Å². The SMILES string of the molecule is COCCOCCNC(=O)N1CC2CC(CN(CC(O)COc3ccc(C#N)cc3)C2)C1. The highest BCUT2D eigenvalue weighted by Gasteiger charge is 2.36. The number of piperidine rings is 2. The average Bonchev–Trinajstić information content (AvgIpc) is 2.79. The van der Waals surface area contributed by atoms with Crippen molar-refractivity contribution in [2.24, 2.45) is 11.8 Å². The molecule has 1 aromatic rings. The number of rotatable bonds is 11. The van der Waals surface area contributed by atoms with Crippen LogP contribution in [0.1, 0.15) is 12.0 Å². The van der Waals surface area contributed by atoms with Gasteiger partial charge in [-0.25, -0.2) is 4.79 Å². The number of nitriles is 1. The van der Waals surface area contributed by atoms with Gasteiger partial charge in [0.1, 0.15) is 18.5 Å². The first kappa shape index (κ1) is 24.3. The Kier molecular flexibility index (Phi) is 9.56. The van der Waals surface area contributed by atoms with Gasteiger partial charge in [0, 0.05) is 46.4 Å². The number of fused-ring (bicyclic) bond motifs is 2. The molecule has 0 aromatic heterocycles. The van der Waals surface area contributed by atoms with Crippen molar-refractivity contribution in [1.82, 2.24) is 15.1 Å². The second kappa shape index (κ2) is 12.6. The number of likely N-dealkylation sites (tertiary alicyclic amines) is 2. The molecule has 9 heteroatoms. The van der Waals surface area contributed by atoms with Crippen LogP contribution in [0.2, 0.25) is 0 Å². The van der Waals surface area contributed by atoms with Crippen LogP contribution in [0.4, 0.5) is 4.79 Å². The van der Waals surface area contributed by atoms with E-state index in [0.29, 0.717) is 56.1 Å². The second-order valence-electron chi connectivity index (χ2n) is 8.53. The number of nitrogens with zero attached hydrogens (tertiary/aromatic N) is 3. The zero-order valence-corrected chi connectivity index (χ0v) is 18.7. The van der Waals surface area contributed by atoms with Crippen LogP contribution in [0.3, 0.4) is 0 Å². The van der Waals surface area contributed by atoms with Gasteiger partial charge in [0.25, 0.3) is 0 Å². The maximum absolute atomic E-state index is 12.5. The van der Waals surface area contributed by atoms with Crippen LogP contribution in [0.15, 0.2) is 24.3 Å². The zero-order chi connectivity index (χ0) is 22.8. The predicted octanol–water partition coefficient (Wildman–Crippen LogP) is 0.924. The molecule has 0 spiro atoms. The molecule has 0 radical (unpaired) electrons. The Labute approximate surface area is 189 Å². The maximum Gasteiger partial charge on any atom is 0.317 e. The number of aliphatic hydroxyl groups excluding tert-OH is 1. The van der Waals surface area contributed by atoms with Crippen LogP contribution in [-0.2, 0) is 9.47 Å². The van der Waals surface area contributed by atoms with E-state index >= 15 is 0 Å². The lowest BCUT2D eigenvalue weighted by molar-refractivity contribution is 0.00891. The number of amides is 2. The summed E-state index contributed by atoms with van der Waals surface area (Å²) in [5.74, 6) is 1.47. The third kappa shape index (κ3) is 7.64. The third-order valence-corrected chi connectivity index (χ3v) is 5.79. The van der Waals surface area contributed by atoms with E-state index < -0.39 is 6.10 Å². The van der Waals surface area contributed by atoms with Crippen molar-refractivity contribution in [3.63, 3.8) is 0 Å². The summed E-state index contributed by atoms with van der Waals surface area (Å²) in [7, 11) is 1.63. The van der Waals surface area contributed by atoms with E-state index in [1.54, 1.807) is 31.4 Å². The van der Waals surface area contributed by atoms with E-state index in [4.69, 9.17) is 19.5 Å². The fourth-order valence-electron chi connectivity index (χ4n) is 4.46. The molecule has 2 bridgehead atoms. The average molecular weight is 447 g/mol. The maximum atomic E-state index is 12.5. The number of aliphatic hydroxyl groups is 1. The summed E-state index contributed by atoms with van der Waals surface area (Å²) < 4.78 is 16.0. The quantitative estimate of drug-likeness (QED) is 0.487. The van der Waals surface area contributed by atoms with Gasteiger partial charge in [0.15, 0.2) is 0 Å². The Bertz CT molecular complexity index is 740. The summed E-state index contributed by atoms with van der Waals surface area (Å²) in [5.41, 5.74) is 0.580. The Morgan fingerprint density at radius 3 is 2.56 bits per heavy atom. The van der Waals surface area contributed by atoms with Crippen molar-refractivity contribution in [3.8, 4) is 11.8 Å². The Hall–Kier alpha value is -2.38. The molecular weight excluding hydrogens is 412 g/mol. The summed E-state index contributed by atoms with van der Waals surface area (Å²) in [4.78, 5) is 16.7. The van der Waals surface area contributed by atoms with Gasteiger partial charge in [-0.05, 0) is 42.5 Å². The number of urea groups is 1. The van der Waals surface area contributed by atoms with Crippen LogP contribution >= 0.6 is 0 Å². The molecule has 3 atom stereocenters. The lowest BCUT2D eigenvalue weighted by Gasteiger charge is -2.46. The van der Waals surface area contributed by atoms with E-state index in [1.807, 2.05) is 4.90 Å². The van der Waals surface area contributed by atoms with Gasteiger partial charge in [-0.1, -0.05) is 0 Å². The van der Waals surface area contributed by atoms with Gasteiger partial charge in [0.05, 0.1) is 31.5 Å². The fraction of sp³-hybridized carbons (Fsp3) is 0.652. The molecule has 3 unspecified atom stereocenters. The summed E-state index contributed by atoms with van der Waals surface area (Å²) in [6, 6.07) is 8.92. The van der Waals surface area contributed by atoms with E-state index in [1.165, 1.54) is 0 Å². The minimum Gasteiger partial charge on any atom is -0.491 e. The molecule has 176 valence electrons. The lowest BCUT2D eigenvalue weighted by Crippen LogP contribution is -2.57. The molecular formula is C23H34N4O5. The monoisotopic (exact) mass is 446 g/mol. The molecule has 0 saturated carbocycles. The van der Waals surface area contributed by atoms with Crippen LogP contribution in [0.5, 0.6) is 5.75 Å². The largest absolute Gasteiger partial charge is 0.491 e. The van der Waals surface area contributed by atoms with Crippen LogP contribution < -0.4 is 10.1 Å². The van der Waals surface area contributed by atoms with Gasteiger partial charge in [-0.3, -0.25) is 4.90 Å². The van der Waals surface area contributed by atoms with Crippen molar-refractivity contribution < 1.29 is 24.1 Å². The first-order valence-corrected chi connectivity index (χ1v) is 11.2. The van der Waals surface area contributed by atoms with Gasteiger partial charge >= 0.3 is 6.03 Å². The minimum atomic E-state index is -0.595. The highest BCUT2D eigenvalue weighted by atomic mass is 16.5. The van der Waals surface area contributed by atoms with Gasteiger partial charge < -0.3 is 29.5 Å². The van der Waals surface area contributed by atoms with E-state index in [-0.39, 0.29) is 12.6 Å². The Morgan fingerprint density at radius 2 is 1.91 bits per heavy atom. The zero-order valence-electron chi connectivity index (χ0n) is 18.7. The fourth-order valence-corrected chi connectivity index (χ4v) is 4.46. The Balaban J connectivity index is 1.35. The molecule has 32 heavy (non-hydrogen) atoms. The molecule has 2 N–H and O–H groups in total. The number of benzene rings is 1. The van der Waals surface area contributed by atoms with Gasteiger partial charge in [0.2, 0.25) is 0 Å². The van der Waals surface area contributed by atoms with Gasteiger partial charge in [-0.15, -0.1) is 0 Å². The van der Waals surface area contributed by atoms with Crippen LogP contribution in [-0.4, -0.2) is 99.8 Å². The molecule has 9 nitrogen and oxygen atoms in total. The molecule has 0 aliphatic carbocycles. The van der Waals surface area contributed by atoms with Crippen molar-refractivity contribution in [2.75, 3.05) is 72.8 Å². The standard InChI is InChI=1S/C23H34N4O5/c1-30-8-9-31-7-6-25-23(29)27-14-19-10-20(15-27)13-26(12-19)16-21(28)17-32-22-4-2-18(11-24)3-5-22/h2-5,19-21,28H,6-10,12-17H2,1H3,(H,25,29). The minimum absolute atomic E-state index is 0.0284. The number of β-amino-alcohol motifs (C(OH)–C–C–N with tert-alkyl or cyclic N) is 1. The van der Waals surface area contributed by atoms with Gasteiger partial charge in [-0.2, -0.15) is 5.26 Å². The highest BCUT2D eigenvalue weighted by Crippen LogP contribution is 2.28. The first-order chi connectivity index (χ1) is 15.6. The molecule has 2 amide bonds. The Morgan fingerprint density at radius 1 is 1.19 bits per heavy atom. The number of hydrogen-bond acceptors (Lipinski definition) is 7. The summed E-state index contributed by atoms with van der Waals surface area (Å²) in [5, 5.41) is 22.2. The lowest BCUT2D eigenvalue weighted by atomic mass is 9.84. The predicted molar refractivity (Wildman–Crippen MR) is 118 cm³/mol. The molecule has 3 rings (SSSR count). The second-order valence-corrected chi connectivity index (χ2v) is 8.53. The number of nitrogens with one attached hydrogen (secondary N) is 1. The molecule has 2 aliphatic rings. The van der Waals surface area contributed by atoms with Crippen LogP contribution in [0.25, 0.3) is 0 Å². The number of carbonyl (C=O) groups excluding carboxylic acids is 1. The van der Waals surface area contributed by atoms with Crippen molar-refractivity contribution >= 4 is 6.03 Å². The molecule has 2 saturated heterocycles. The number of ether oxygens (including phenoxy) is 3. The van der Waals surface area contributed by atoms with E-state index in [2.05, 4.69) is 16.3 Å². The number of methoxy groups -OCH3 is 1. The summed E-state index contributed by atoms with van der Waals surface area (Å²) in [6.07, 6.45) is 0.528. The smallest absolute Gasteiger partial charge is 0.317 e. The number of carbonyl (C=O) groups is 1. The summed E-state index contributed by atoms with van der Waals surface area (Å²) >= 11 is 0. The molecule has 1 aromatic carbocycles. The van der Waals surface area contributed by atoms with Crippen LogP contribution in [0, 0.1) is 23.2 Å². The normalized spacial score (nSPS) is 21.6. The van der Waals surface area contributed by atoms with E-state index in [0.717, 1.165) is 32.6 Å². The van der Waals surface area contributed by atoms with E-state index in [9.17, 15) is 9.90 Å².